The third-order valence-corrected chi connectivity index (χ3v) is 9.89. The normalized spacial score (nSPS) is 32.0. The Morgan fingerprint density at radius 3 is 2.14 bits per heavy atom. The van der Waals surface area contributed by atoms with Crippen molar-refractivity contribution in [3.05, 3.63) is 29.8 Å². The highest BCUT2D eigenvalue weighted by molar-refractivity contribution is 5.30. The van der Waals surface area contributed by atoms with E-state index in [0.717, 1.165) is 41.8 Å². The molecular formula is C33H54O2. The Morgan fingerprint density at radius 2 is 1.49 bits per heavy atom. The van der Waals surface area contributed by atoms with E-state index in [1.54, 1.807) is 0 Å². The first-order valence-corrected chi connectivity index (χ1v) is 15.2. The average molecular weight is 483 g/mol. The third-order valence-electron chi connectivity index (χ3n) is 9.89. The van der Waals surface area contributed by atoms with Crippen molar-refractivity contribution >= 4 is 0 Å². The first-order valence-electron chi connectivity index (χ1n) is 15.2. The minimum absolute atomic E-state index is 0.0757. The molecule has 2 nitrogen and oxygen atoms in total. The van der Waals surface area contributed by atoms with Gasteiger partial charge in [-0.3, -0.25) is 0 Å². The molecule has 4 fully saturated rings. The second-order valence-electron chi connectivity index (χ2n) is 13.5. The lowest BCUT2D eigenvalue weighted by Crippen LogP contribution is -2.36. The van der Waals surface area contributed by atoms with Gasteiger partial charge in [0, 0.05) is 6.42 Å². The monoisotopic (exact) mass is 482 g/mol. The van der Waals surface area contributed by atoms with Crippen molar-refractivity contribution in [2.45, 2.75) is 137 Å². The molecule has 0 saturated heterocycles. The summed E-state index contributed by atoms with van der Waals surface area (Å²) in [6.07, 6.45) is 16.7. The number of ether oxygens (including phenoxy) is 2. The van der Waals surface area contributed by atoms with Crippen LogP contribution in [0.5, 0.6) is 5.75 Å². The molecule has 1 aromatic carbocycles. The summed E-state index contributed by atoms with van der Waals surface area (Å²) in [6.45, 7) is 13.5. The molecule has 0 amide bonds. The second kappa shape index (κ2) is 12.0. The largest absolute Gasteiger partial charge is 0.465 e. The molecule has 2 bridgehead atoms. The van der Waals surface area contributed by atoms with E-state index in [1.165, 1.54) is 76.2 Å². The first kappa shape index (κ1) is 27.0. The maximum atomic E-state index is 6.87. The standard InChI is InChI=1S/C30H46O2.C3H8/c1-20(30(2,3)4)22-13-15-24(16-14-22)31-29(17-21-9-6-5-7-10-21)32-28-19-23-18-27(28)26-12-8-11-25(23)26;1-3-2/h13-16,20-21,23,25-29H,5-12,17-19H2,1-4H3;3H2,1-2H3. The molecule has 7 unspecified atom stereocenters. The van der Waals surface area contributed by atoms with Gasteiger partial charge in [-0.15, -0.1) is 0 Å². The summed E-state index contributed by atoms with van der Waals surface area (Å²) >= 11 is 0. The van der Waals surface area contributed by atoms with Crippen molar-refractivity contribution in [3.63, 3.8) is 0 Å². The molecule has 1 aromatic rings. The van der Waals surface area contributed by atoms with E-state index in [4.69, 9.17) is 9.47 Å². The van der Waals surface area contributed by atoms with Crippen molar-refractivity contribution in [3.8, 4) is 5.75 Å². The van der Waals surface area contributed by atoms with E-state index in [2.05, 4.69) is 65.8 Å². The zero-order chi connectivity index (χ0) is 25.0. The molecule has 0 heterocycles. The van der Waals surface area contributed by atoms with Gasteiger partial charge in [0.25, 0.3) is 0 Å². The molecule has 4 aliphatic carbocycles. The van der Waals surface area contributed by atoms with Gasteiger partial charge < -0.3 is 9.47 Å². The van der Waals surface area contributed by atoms with Crippen LogP contribution in [0.2, 0.25) is 0 Å². The minimum atomic E-state index is -0.0757. The van der Waals surface area contributed by atoms with Crippen LogP contribution in [0.15, 0.2) is 24.3 Å². The fourth-order valence-electron chi connectivity index (χ4n) is 7.67. The fourth-order valence-corrected chi connectivity index (χ4v) is 7.67. The van der Waals surface area contributed by atoms with Crippen molar-refractivity contribution in [2.24, 2.45) is 35.0 Å². The number of benzene rings is 1. The first-order chi connectivity index (χ1) is 16.8. The summed E-state index contributed by atoms with van der Waals surface area (Å²) < 4.78 is 13.5. The predicted octanol–water partition coefficient (Wildman–Crippen LogP) is 9.77. The predicted molar refractivity (Wildman–Crippen MR) is 148 cm³/mol. The van der Waals surface area contributed by atoms with Crippen LogP contribution >= 0.6 is 0 Å². The zero-order valence-corrected chi connectivity index (χ0v) is 23.7. The summed E-state index contributed by atoms with van der Waals surface area (Å²) in [4.78, 5) is 0. The molecule has 4 aliphatic rings. The Bertz CT molecular complexity index is 756. The Balaban J connectivity index is 0.000000917. The number of hydrogen-bond acceptors (Lipinski definition) is 2. The van der Waals surface area contributed by atoms with Crippen LogP contribution in [0.1, 0.15) is 130 Å². The highest BCUT2D eigenvalue weighted by Crippen LogP contribution is 2.59. The van der Waals surface area contributed by atoms with Crippen molar-refractivity contribution in [1.82, 2.24) is 0 Å². The van der Waals surface area contributed by atoms with E-state index < -0.39 is 0 Å². The number of fused-ring (bicyclic) bond motifs is 5. The molecule has 5 rings (SSSR count). The minimum Gasteiger partial charge on any atom is -0.465 e. The Morgan fingerprint density at radius 1 is 0.829 bits per heavy atom. The van der Waals surface area contributed by atoms with Crippen LogP contribution in [0, 0.1) is 35.0 Å². The molecule has 0 N–H and O–H groups in total. The van der Waals surface area contributed by atoms with Crippen LogP contribution in [0.25, 0.3) is 0 Å². The van der Waals surface area contributed by atoms with Gasteiger partial charge in [0.1, 0.15) is 5.75 Å². The summed E-state index contributed by atoms with van der Waals surface area (Å²) in [7, 11) is 0. The summed E-state index contributed by atoms with van der Waals surface area (Å²) in [5, 5.41) is 0. The van der Waals surface area contributed by atoms with Crippen LogP contribution in [-0.2, 0) is 4.74 Å². The van der Waals surface area contributed by atoms with Gasteiger partial charge >= 0.3 is 0 Å². The van der Waals surface area contributed by atoms with Gasteiger partial charge in [-0.25, -0.2) is 0 Å². The van der Waals surface area contributed by atoms with Gasteiger partial charge in [-0.1, -0.05) is 98.6 Å². The Kier molecular flexibility index (Phi) is 9.28. The van der Waals surface area contributed by atoms with Crippen LogP contribution in [-0.4, -0.2) is 12.4 Å². The molecule has 0 aromatic heterocycles. The maximum Gasteiger partial charge on any atom is 0.200 e. The zero-order valence-electron chi connectivity index (χ0n) is 23.7. The Hall–Kier alpha value is -1.02. The topological polar surface area (TPSA) is 18.5 Å². The second-order valence-corrected chi connectivity index (χ2v) is 13.5. The summed E-state index contributed by atoms with van der Waals surface area (Å²) in [5.74, 6) is 6.00. The van der Waals surface area contributed by atoms with E-state index in [0.29, 0.717) is 12.0 Å². The molecule has 0 radical (unpaired) electrons. The lowest BCUT2D eigenvalue weighted by Gasteiger charge is -2.35. The number of hydrogen-bond donors (Lipinski definition) is 0. The van der Waals surface area contributed by atoms with E-state index in [9.17, 15) is 0 Å². The van der Waals surface area contributed by atoms with Gasteiger partial charge in [-0.05, 0) is 84.3 Å². The SMILES string of the molecule is CC(c1ccc(OC(CC2CCCCC2)OC2CC3CC2C2CCCC32)cc1)C(C)(C)C.CCC. The molecule has 35 heavy (non-hydrogen) atoms. The highest BCUT2D eigenvalue weighted by atomic mass is 16.7. The van der Waals surface area contributed by atoms with E-state index in [-0.39, 0.29) is 11.7 Å². The molecular weight excluding hydrogens is 428 g/mol. The molecule has 198 valence electrons. The molecule has 7 atom stereocenters. The quantitative estimate of drug-likeness (QED) is 0.360. The van der Waals surface area contributed by atoms with Crippen molar-refractivity contribution in [1.29, 1.82) is 0 Å². The van der Waals surface area contributed by atoms with Gasteiger partial charge in [0.15, 0.2) is 6.29 Å². The molecule has 0 spiro atoms. The lowest BCUT2D eigenvalue weighted by atomic mass is 9.78. The van der Waals surface area contributed by atoms with Crippen LogP contribution in [0.4, 0.5) is 0 Å². The van der Waals surface area contributed by atoms with Crippen molar-refractivity contribution in [2.75, 3.05) is 0 Å². The molecule has 0 aliphatic heterocycles. The molecule has 2 heteroatoms. The van der Waals surface area contributed by atoms with E-state index >= 15 is 0 Å². The Labute approximate surface area is 216 Å². The fraction of sp³-hybridized carbons (Fsp3) is 0.818. The smallest absolute Gasteiger partial charge is 0.200 e. The van der Waals surface area contributed by atoms with E-state index in [1.807, 2.05) is 0 Å². The third kappa shape index (κ3) is 6.65. The van der Waals surface area contributed by atoms with Gasteiger partial charge in [-0.2, -0.15) is 0 Å². The summed E-state index contributed by atoms with van der Waals surface area (Å²) in [6, 6.07) is 8.90. The van der Waals surface area contributed by atoms with Gasteiger partial charge in [0.05, 0.1) is 6.10 Å². The van der Waals surface area contributed by atoms with Crippen molar-refractivity contribution < 1.29 is 9.47 Å². The van der Waals surface area contributed by atoms with Gasteiger partial charge in [0.2, 0.25) is 0 Å². The average Bonchev–Trinajstić information content (AvgIpc) is 3.54. The highest BCUT2D eigenvalue weighted by Gasteiger charge is 2.54. The lowest BCUT2D eigenvalue weighted by molar-refractivity contribution is -0.152. The molecule has 4 saturated carbocycles. The maximum absolute atomic E-state index is 6.87. The van der Waals surface area contributed by atoms with Crippen LogP contribution < -0.4 is 4.74 Å². The summed E-state index contributed by atoms with van der Waals surface area (Å²) in [5.41, 5.74) is 1.67. The number of rotatable bonds is 7. The van der Waals surface area contributed by atoms with Crippen LogP contribution in [0.3, 0.4) is 0 Å².